The summed E-state index contributed by atoms with van der Waals surface area (Å²) < 4.78 is 5.81. The Balaban J connectivity index is 1.65. The number of rotatable bonds is 3. The van der Waals surface area contributed by atoms with Crippen LogP contribution < -0.4 is 4.74 Å². The second kappa shape index (κ2) is 7.04. The molecule has 2 aliphatic rings. The van der Waals surface area contributed by atoms with Crippen LogP contribution in [-0.4, -0.2) is 29.5 Å². The number of ether oxygens (including phenoxy) is 1. The first-order valence-corrected chi connectivity index (χ1v) is 8.66. The first-order valence-electron chi connectivity index (χ1n) is 8.66. The predicted octanol–water partition coefficient (Wildman–Crippen LogP) is 3.51. The maximum Gasteiger partial charge on any atom is 0.263 e. The lowest BCUT2D eigenvalue weighted by Crippen LogP contribution is -2.53. The van der Waals surface area contributed by atoms with Gasteiger partial charge in [-0.25, -0.2) is 0 Å². The zero-order valence-corrected chi connectivity index (χ0v) is 13.7. The lowest BCUT2D eigenvalue weighted by atomic mass is 9.78. The number of nitriles is 1. The fourth-order valence-electron chi connectivity index (χ4n) is 3.99. The Hall–Kier alpha value is -2.02. The van der Waals surface area contributed by atoms with Crippen molar-refractivity contribution < 1.29 is 9.53 Å². The van der Waals surface area contributed by atoms with E-state index in [0.717, 1.165) is 19.4 Å². The molecule has 3 atom stereocenters. The Bertz CT molecular complexity index is 588. The van der Waals surface area contributed by atoms with Crippen molar-refractivity contribution in [1.82, 2.24) is 4.90 Å². The average Bonchev–Trinajstić information content (AvgIpc) is 2.61. The zero-order chi connectivity index (χ0) is 16.2. The van der Waals surface area contributed by atoms with Gasteiger partial charge in [-0.15, -0.1) is 0 Å². The molecule has 1 aliphatic heterocycles. The molecule has 122 valence electrons. The fraction of sp³-hybridized carbons (Fsp3) is 0.579. The minimum atomic E-state index is -0.483. The lowest BCUT2D eigenvalue weighted by molar-refractivity contribution is -0.144. The van der Waals surface area contributed by atoms with E-state index in [0.29, 0.717) is 23.3 Å². The highest BCUT2D eigenvalue weighted by molar-refractivity contribution is 5.81. The Morgan fingerprint density at radius 2 is 1.91 bits per heavy atom. The van der Waals surface area contributed by atoms with Crippen LogP contribution in [0.25, 0.3) is 0 Å². The van der Waals surface area contributed by atoms with Crippen molar-refractivity contribution in [2.75, 3.05) is 6.54 Å². The summed E-state index contributed by atoms with van der Waals surface area (Å²) in [5.74, 6) is 1.43. The van der Waals surface area contributed by atoms with Gasteiger partial charge in [-0.3, -0.25) is 4.79 Å². The van der Waals surface area contributed by atoms with E-state index < -0.39 is 6.10 Å². The number of hydrogen-bond donors (Lipinski definition) is 0. The summed E-state index contributed by atoms with van der Waals surface area (Å²) in [6.45, 7) is 2.69. The van der Waals surface area contributed by atoms with E-state index in [1.54, 1.807) is 24.3 Å². The molecule has 1 aromatic rings. The van der Waals surface area contributed by atoms with E-state index in [1.807, 2.05) is 6.92 Å². The first kappa shape index (κ1) is 15.9. The molecule has 1 saturated carbocycles. The van der Waals surface area contributed by atoms with Crippen LogP contribution in [0.2, 0.25) is 0 Å². The normalized spacial score (nSPS) is 25.1. The van der Waals surface area contributed by atoms with Gasteiger partial charge in [0.2, 0.25) is 0 Å². The molecule has 0 aromatic heterocycles. The van der Waals surface area contributed by atoms with Crippen molar-refractivity contribution in [2.24, 2.45) is 5.92 Å². The molecule has 3 rings (SSSR count). The van der Waals surface area contributed by atoms with E-state index in [1.165, 1.54) is 25.7 Å². The van der Waals surface area contributed by atoms with Crippen molar-refractivity contribution in [3.63, 3.8) is 0 Å². The van der Waals surface area contributed by atoms with Gasteiger partial charge in [0.25, 0.3) is 5.91 Å². The Kier molecular flexibility index (Phi) is 4.85. The Morgan fingerprint density at radius 3 is 2.65 bits per heavy atom. The number of piperidine rings is 1. The second-order valence-corrected chi connectivity index (χ2v) is 6.68. The second-order valence-electron chi connectivity index (χ2n) is 6.68. The van der Waals surface area contributed by atoms with Crippen LogP contribution in [0.5, 0.6) is 5.75 Å². The summed E-state index contributed by atoms with van der Waals surface area (Å²) in [7, 11) is 0. The standard InChI is InChI=1S/C19H24N2O2/c1-14(23-17-10-8-15(13-20)9-11-17)19(22)21-12-4-6-16-5-2-3-7-18(16)21/h8-11,14,16,18H,2-7,12H2,1H3/t14-,16-,18-/m0/s1. The summed E-state index contributed by atoms with van der Waals surface area (Å²) in [5.41, 5.74) is 0.595. The van der Waals surface area contributed by atoms with Gasteiger partial charge < -0.3 is 9.64 Å². The molecule has 4 heteroatoms. The van der Waals surface area contributed by atoms with Gasteiger partial charge in [0.15, 0.2) is 6.10 Å². The summed E-state index contributed by atoms with van der Waals surface area (Å²) in [6, 6.07) is 9.43. The van der Waals surface area contributed by atoms with Crippen molar-refractivity contribution in [1.29, 1.82) is 5.26 Å². The van der Waals surface area contributed by atoms with Crippen LogP contribution in [0, 0.1) is 17.2 Å². The first-order chi connectivity index (χ1) is 11.2. The molecule has 0 spiro atoms. The van der Waals surface area contributed by atoms with E-state index in [2.05, 4.69) is 11.0 Å². The summed E-state index contributed by atoms with van der Waals surface area (Å²) in [6.07, 6.45) is 6.83. The lowest BCUT2D eigenvalue weighted by Gasteiger charge is -2.44. The highest BCUT2D eigenvalue weighted by Gasteiger charge is 2.37. The van der Waals surface area contributed by atoms with Gasteiger partial charge in [0.1, 0.15) is 5.75 Å². The molecule has 2 fully saturated rings. The van der Waals surface area contributed by atoms with Crippen molar-refractivity contribution >= 4 is 5.91 Å². The van der Waals surface area contributed by atoms with Gasteiger partial charge in [0, 0.05) is 12.6 Å². The Morgan fingerprint density at radius 1 is 1.22 bits per heavy atom. The molecule has 0 bridgehead atoms. The molecule has 0 radical (unpaired) electrons. The number of nitrogens with zero attached hydrogens (tertiary/aromatic N) is 2. The summed E-state index contributed by atoms with van der Waals surface area (Å²) in [5, 5.41) is 8.83. The maximum atomic E-state index is 12.8. The molecule has 23 heavy (non-hydrogen) atoms. The van der Waals surface area contributed by atoms with E-state index in [4.69, 9.17) is 10.00 Å². The molecule has 1 aromatic carbocycles. The molecule has 0 unspecified atom stereocenters. The molecule has 4 nitrogen and oxygen atoms in total. The van der Waals surface area contributed by atoms with Crippen LogP contribution in [0.1, 0.15) is 51.0 Å². The van der Waals surface area contributed by atoms with Crippen molar-refractivity contribution in [2.45, 2.75) is 57.6 Å². The van der Waals surface area contributed by atoms with Crippen LogP contribution in [0.15, 0.2) is 24.3 Å². The minimum Gasteiger partial charge on any atom is -0.481 e. The third-order valence-electron chi connectivity index (χ3n) is 5.17. The number of carbonyl (C=O) groups is 1. The third kappa shape index (κ3) is 3.50. The van der Waals surface area contributed by atoms with E-state index >= 15 is 0 Å². The molecular formula is C19H24N2O2. The molecule has 1 saturated heterocycles. The quantitative estimate of drug-likeness (QED) is 0.858. The number of likely N-dealkylation sites (tertiary alicyclic amines) is 1. The van der Waals surface area contributed by atoms with E-state index in [9.17, 15) is 4.79 Å². The minimum absolute atomic E-state index is 0.103. The van der Waals surface area contributed by atoms with Crippen molar-refractivity contribution in [3.05, 3.63) is 29.8 Å². The van der Waals surface area contributed by atoms with Gasteiger partial charge >= 0.3 is 0 Å². The number of hydrogen-bond acceptors (Lipinski definition) is 3. The van der Waals surface area contributed by atoms with Gasteiger partial charge in [-0.1, -0.05) is 12.8 Å². The van der Waals surface area contributed by atoms with Crippen LogP contribution >= 0.6 is 0 Å². The average molecular weight is 312 g/mol. The van der Waals surface area contributed by atoms with Gasteiger partial charge in [-0.2, -0.15) is 5.26 Å². The highest BCUT2D eigenvalue weighted by Crippen LogP contribution is 2.35. The van der Waals surface area contributed by atoms with Crippen LogP contribution in [-0.2, 0) is 4.79 Å². The van der Waals surface area contributed by atoms with Gasteiger partial charge in [0.05, 0.1) is 11.6 Å². The van der Waals surface area contributed by atoms with Crippen molar-refractivity contribution in [3.8, 4) is 11.8 Å². The number of amides is 1. The van der Waals surface area contributed by atoms with Crippen LogP contribution in [0.4, 0.5) is 0 Å². The molecule has 0 N–H and O–H groups in total. The van der Waals surface area contributed by atoms with Gasteiger partial charge in [-0.05, 0) is 62.8 Å². The largest absolute Gasteiger partial charge is 0.481 e. The number of benzene rings is 1. The fourth-order valence-corrected chi connectivity index (χ4v) is 3.99. The molecular weight excluding hydrogens is 288 g/mol. The molecule has 1 heterocycles. The molecule has 1 aliphatic carbocycles. The number of fused-ring (bicyclic) bond motifs is 1. The topological polar surface area (TPSA) is 53.3 Å². The maximum absolute atomic E-state index is 12.8. The zero-order valence-electron chi connectivity index (χ0n) is 13.7. The Labute approximate surface area is 138 Å². The summed E-state index contributed by atoms with van der Waals surface area (Å²) >= 11 is 0. The summed E-state index contributed by atoms with van der Waals surface area (Å²) in [4.78, 5) is 14.9. The molecule has 1 amide bonds. The van der Waals surface area contributed by atoms with E-state index in [-0.39, 0.29) is 5.91 Å². The van der Waals surface area contributed by atoms with Crippen LogP contribution in [0.3, 0.4) is 0 Å². The highest BCUT2D eigenvalue weighted by atomic mass is 16.5. The third-order valence-corrected chi connectivity index (χ3v) is 5.17. The predicted molar refractivity (Wildman–Crippen MR) is 87.9 cm³/mol. The number of carbonyl (C=O) groups excluding carboxylic acids is 1. The monoisotopic (exact) mass is 312 g/mol. The SMILES string of the molecule is C[C@H](Oc1ccc(C#N)cc1)C(=O)N1CCC[C@@H]2CCCC[C@@H]21. The smallest absolute Gasteiger partial charge is 0.263 e.